The number of amides is 1. The lowest BCUT2D eigenvalue weighted by molar-refractivity contribution is -0.132. The highest BCUT2D eigenvalue weighted by molar-refractivity contribution is 7.07. The zero-order chi connectivity index (χ0) is 13.8. The van der Waals surface area contributed by atoms with Crippen LogP contribution in [0, 0.1) is 0 Å². The normalized spacial score (nSPS) is 18.6. The molecule has 1 fully saturated rings. The van der Waals surface area contributed by atoms with E-state index in [0.717, 1.165) is 32.4 Å². The third kappa shape index (κ3) is 3.10. The second kappa shape index (κ2) is 6.22. The Hall–Kier alpha value is -1.62. The molecule has 0 radical (unpaired) electrons. The summed E-state index contributed by atoms with van der Waals surface area (Å²) < 4.78 is 1.93. The number of hydrogen-bond acceptors (Lipinski definition) is 3. The van der Waals surface area contributed by atoms with Crippen LogP contribution in [0.1, 0.15) is 24.8 Å². The topological polar surface area (TPSA) is 38.1 Å². The van der Waals surface area contributed by atoms with E-state index in [4.69, 9.17) is 0 Å². The Balaban J connectivity index is 1.55. The zero-order valence-corrected chi connectivity index (χ0v) is 12.3. The van der Waals surface area contributed by atoms with E-state index in [1.807, 2.05) is 21.8 Å². The van der Waals surface area contributed by atoms with Crippen molar-refractivity contribution in [2.45, 2.75) is 38.3 Å². The Bertz CT molecular complexity index is 535. The van der Waals surface area contributed by atoms with Crippen LogP contribution in [0.5, 0.6) is 0 Å². The fraction of sp³-hybridized carbons (Fsp3) is 0.467. The van der Waals surface area contributed by atoms with Crippen molar-refractivity contribution in [1.29, 1.82) is 0 Å². The summed E-state index contributed by atoms with van der Waals surface area (Å²) in [5, 5.41) is 8.43. The second-order valence-electron chi connectivity index (χ2n) is 5.24. The molecule has 20 heavy (non-hydrogen) atoms. The number of aromatic nitrogens is 2. The van der Waals surface area contributed by atoms with Crippen LogP contribution in [-0.2, 0) is 17.8 Å². The van der Waals surface area contributed by atoms with Crippen LogP contribution in [0.4, 0.5) is 0 Å². The Morgan fingerprint density at radius 3 is 3.20 bits per heavy atom. The van der Waals surface area contributed by atoms with E-state index in [9.17, 15) is 4.79 Å². The molecule has 1 atom stereocenters. The first-order valence-corrected chi connectivity index (χ1v) is 8.05. The molecule has 0 aromatic carbocycles. The molecular weight excluding hydrogens is 270 g/mol. The van der Waals surface area contributed by atoms with E-state index in [2.05, 4.69) is 21.9 Å². The molecule has 0 saturated carbocycles. The largest absolute Gasteiger partial charge is 0.338 e. The summed E-state index contributed by atoms with van der Waals surface area (Å²) in [4.78, 5) is 14.4. The summed E-state index contributed by atoms with van der Waals surface area (Å²) in [5.41, 5.74) is 1.27. The van der Waals surface area contributed by atoms with Gasteiger partial charge in [-0.25, -0.2) is 0 Å². The predicted molar refractivity (Wildman–Crippen MR) is 79.6 cm³/mol. The maximum absolute atomic E-state index is 12.4. The lowest BCUT2D eigenvalue weighted by Gasteiger charge is -2.24. The van der Waals surface area contributed by atoms with Crippen molar-refractivity contribution in [3.63, 3.8) is 0 Å². The molecule has 3 heterocycles. The summed E-state index contributed by atoms with van der Waals surface area (Å²) in [7, 11) is 0. The Labute approximate surface area is 123 Å². The number of thiophene rings is 1. The van der Waals surface area contributed by atoms with E-state index >= 15 is 0 Å². The van der Waals surface area contributed by atoms with Gasteiger partial charge in [-0.1, -0.05) is 0 Å². The first-order chi connectivity index (χ1) is 9.83. The minimum Gasteiger partial charge on any atom is -0.338 e. The zero-order valence-electron chi connectivity index (χ0n) is 11.4. The lowest BCUT2D eigenvalue weighted by Crippen LogP contribution is -2.38. The molecule has 5 heteroatoms. The van der Waals surface area contributed by atoms with Crippen LogP contribution >= 0.6 is 11.3 Å². The third-order valence-electron chi connectivity index (χ3n) is 3.86. The molecule has 3 rings (SSSR count). The van der Waals surface area contributed by atoms with Gasteiger partial charge < -0.3 is 4.90 Å². The lowest BCUT2D eigenvalue weighted by atomic mass is 10.1. The van der Waals surface area contributed by atoms with Crippen molar-refractivity contribution in [2.75, 3.05) is 6.54 Å². The fourth-order valence-electron chi connectivity index (χ4n) is 2.81. The van der Waals surface area contributed by atoms with E-state index in [1.54, 1.807) is 17.5 Å². The van der Waals surface area contributed by atoms with Crippen molar-refractivity contribution < 1.29 is 4.79 Å². The van der Waals surface area contributed by atoms with E-state index in [1.165, 1.54) is 5.56 Å². The highest BCUT2D eigenvalue weighted by atomic mass is 32.1. The van der Waals surface area contributed by atoms with Crippen molar-refractivity contribution in [2.24, 2.45) is 0 Å². The molecule has 2 aromatic rings. The minimum absolute atomic E-state index is 0.283. The van der Waals surface area contributed by atoms with Gasteiger partial charge in [-0.3, -0.25) is 9.48 Å². The molecule has 0 N–H and O–H groups in total. The number of carbonyl (C=O) groups is 1. The molecule has 1 saturated heterocycles. The molecular formula is C15H19N3OS. The smallest absolute Gasteiger partial charge is 0.223 e. The average Bonchev–Trinajstić information content (AvgIpc) is 3.19. The highest BCUT2D eigenvalue weighted by Crippen LogP contribution is 2.20. The SMILES string of the molecule is O=C(CCc1ccsc1)N1CCC[C@@H]1Cn1cccn1. The average molecular weight is 289 g/mol. The molecule has 0 spiro atoms. The number of carbonyl (C=O) groups excluding carboxylic acids is 1. The van der Waals surface area contributed by atoms with Gasteiger partial charge in [0.1, 0.15) is 0 Å². The highest BCUT2D eigenvalue weighted by Gasteiger charge is 2.28. The monoisotopic (exact) mass is 289 g/mol. The first kappa shape index (κ1) is 13.4. The van der Waals surface area contributed by atoms with Crippen LogP contribution < -0.4 is 0 Å². The number of nitrogens with zero attached hydrogens (tertiary/aromatic N) is 3. The minimum atomic E-state index is 0.283. The Kier molecular flexibility index (Phi) is 4.16. The third-order valence-corrected chi connectivity index (χ3v) is 4.59. The number of rotatable bonds is 5. The maximum Gasteiger partial charge on any atom is 0.223 e. The van der Waals surface area contributed by atoms with Crippen molar-refractivity contribution in [1.82, 2.24) is 14.7 Å². The van der Waals surface area contributed by atoms with Crippen LogP contribution in [-0.4, -0.2) is 33.2 Å². The molecule has 0 bridgehead atoms. The van der Waals surface area contributed by atoms with Gasteiger partial charge in [0.15, 0.2) is 0 Å². The molecule has 2 aromatic heterocycles. The number of hydrogen-bond donors (Lipinski definition) is 0. The van der Waals surface area contributed by atoms with Crippen molar-refractivity contribution in [3.8, 4) is 0 Å². The van der Waals surface area contributed by atoms with E-state index in [-0.39, 0.29) is 5.91 Å². The fourth-order valence-corrected chi connectivity index (χ4v) is 3.51. The Morgan fingerprint density at radius 2 is 2.45 bits per heavy atom. The maximum atomic E-state index is 12.4. The molecule has 1 aliphatic rings. The van der Waals surface area contributed by atoms with Gasteiger partial charge in [-0.05, 0) is 47.7 Å². The second-order valence-corrected chi connectivity index (χ2v) is 6.02. The van der Waals surface area contributed by atoms with Gasteiger partial charge in [0, 0.05) is 25.4 Å². The van der Waals surface area contributed by atoms with Gasteiger partial charge in [-0.2, -0.15) is 16.4 Å². The number of aryl methyl sites for hydroxylation is 1. The van der Waals surface area contributed by atoms with Gasteiger partial charge in [0.25, 0.3) is 0 Å². The summed E-state index contributed by atoms with van der Waals surface area (Å²) in [6.45, 7) is 1.71. The molecule has 0 aliphatic carbocycles. The first-order valence-electron chi connectivity index (χ1n) is 7.11. The molecule has 106 valence electrons. The predicted octanol–water partition coefficient (Wildman–Crippen LogP) is 2.57. The Morgan fingerprint density at radius 1 is 1.50 bits per heavy atom. The summed E-state index contributed by atoms with van der Waals surface area (Å²) in [6.07, 6.45) is 7.42. The quantitative estimate of drug-likeness (QED) is 0.848. The number of likely N-dealkylation sites (tertiary alicyclic amines) is 1. The van der Waals surface area contributed by atoms with Crippen LogP contribution in [0.25, 0.3) is 0 Å². The van der Waals surface area contributed by atoms with Crippen LogP contribution in [0.2, 0.25) is 0 Å². The molecule has 1 aliphatic heterocycles. The summed E-state index contributed by atoms with van der Waals surface area (Å²) in [5.74, 6) is 0.283. The molecule has 4 nitrogen and oxygen atoms in total. The van der Waals surface area contributed by atoms with E-state index < -0.39 is 0 Å². The standard InChI is InChI=1S/C15H19N3OS/c19-15(5-4-13-6-10-20-12-13)18-9-1-3-14(18)11-17-8-2-7-16-17/h2,6-8,10,12,14H,1,3-5,9,11H2/t14-/m1/s1. The van der Waals surface area contributed by atoms with Crippen LogP contribution in [0.15, 0.2) is 35.3 Å². The van der Waals surface area contributed by atoms with Gasteiger partial charge in [0.05, 0.1) is 12.6 Å². The van der Waals surface area contributed by atoms with Crippen molar-refractivity contribution in [3.05, 3.63) is 40.8 Å². The van der Waals surface area contributed by atoms with Crippen LogP contribution in [0.3, 0.4) is 0 Å². The summed E-state index contributed by atoms with van der Waals surface area (Å²) in [6, 6.07) is 4.34. The van der Waals surface area contributed by atoms with Crippen molar-refractivity contribution >= 4 is 17.2 Å². The molecule has 1 amide bonds. The van der Waals surface area contributed by atoms with Gasteiger partial charge in [0.2, 0.25) is 5.91 Å². The van der Waals surface area contributed by atoms with Gasteiger partial charge in [-0.15, -0.1) is 0 Å². The molecule has 0 unspecified atom stereocenters. The van der Waals surface area contributed by atoms with Gasteiger partial charge >= 0.3 is 0 Å². The summed E-state index contributed by atoms with van der Waals surface area (Å²) >= 11 is 1.69. The van der Waals surface area contributed by atoms with E-state index in [0.29, 0.717) is 12.5 Å².